The second kappa shape index (κ2) is 5.97. The van der Waals surface area contributed by atoms with Crippen molar-refractivity contribution in [1.29, 1.82) is 0 Å². The standard InChI is InChI=1S/C15H19N3O2S/c1-3-12-7-13(17-20-12)15(19)18-6-4-5-11(9-18)14-16-8-10(2)21-14/h7-8,11H,3-6,9H2,1-2H3/t11-/m0/s1. The molecule has 0 spiro atoms. The number of amides is 1. The molecule has 0 N–H and O–H groups in total. The van der Waals surface area contributed by atoms with Crippen molar-refractivity contribution in [3.63, 3.8) is 0 Å². The summed E-state index contributed by atoms with van der Waals surface area (Å²) in [6.45, 7) is 5.55. The minimum absolute atomic E-state index is 0.0311. The third-order valence-corrected chi connectivity index (χ3v) is 4.90. The summed E-state index contributed by atoms with van der Waals surface area (Å²) in [7, 11) is 0. The lowest BCUT2D eigenvalue weighted by atomic mass is 9.98. The highest BCUT2D eigenvalue weighted by atomic mass is 32.1. The van der Waals surface area contributed by atoms with Gasteiger partial charge in [0.1, 0.15) is 5.76 Å². The number of thiazole rings is 1. The minimum atomic E-state index is -0.0311. The van der Waals surface area contributed by atoms with E-state index in [1.165, 1.54) is 4.88 Å². The molecule has 2 aromatic rings. The van der Waals surface area contributed by atoms with Gasteiger partial charge < -0.3 is 9.42 Å². The van der Waals surface area contributed by atoms with E-state index >= 15 is 0 Å². The Bertz CT molecular complexity index is 634. The predicted octanol–water partition coefficient (Wildman–Crippen LogP) is 3.02. The fourth-order valence-electron chi connectivity index (χ4n) is 2.67. The first-order valence-corrected chi connectivity index (χ1v) is 8.16. The van der Waals surface area contributed by atoms with Crippen LogP contribution in [-0.2, 0) is 6.42 Å². The normalized spacial score (nSPS) is 19.0. The maximum atomic E-state index is 12.5. The van der Waals surface area contributed by atoms with Crippen LogP contribution in [0.2, 0.25) is 0 Å². The van der Waals surface area contributed by atoms with Crippen LogP contribution in [0.1, 0.15) is 51.8 Å². The van der Waals surface area contributed by atoms with Crippen LogP contribution in [0.25, 0.3) is 0 Å². The Balaban J connectivity index is 1.72. The summed E-state index contributed by atoms with van der Waals surface area (Å²) < 4.78 is 5.13. The monoisotopic (exact) mass is 305 g/mol. The maximum Gasteiger partial charge on any atom is 0.276 e. The minimum Gasteiger partial charge on any atom is -0.361 e. The molecule has 3 rings (SSSR count). The van der Waals surface area contributed by atoms with Crippen molar-refractivity contribution in [2.75, 3.05) is 13.1 Å². The quantitative estimate of drug-likeness (QED) is 0.874. The highest BCUT2D eigenvalue weighted by Gasteiger charge is 2.28. The Hall–Kier alpha value is -1.69. The molecule has 1 saturated heterocycles. The maximum absolute atomic E-state index is 12.5. The SMILES string of the molecule is CCc1cc(C(=O)N2CCC[C@H](c3ncc(C)s3)C2)no1. The second-order valence-electron chi connectivity index (χ2n) is 5.43. The van der Waals surface area contributed by atoms with Gasteiger partial charge in [0.15, 0.2) is 5.69 Å². The van der Waals surface area contributed by atoms with Crippen molar-refractivity contribution in [2.45, 2.75) is 39.0 Å². The Morgan fingerprint density at radius 1 is 1.57 bits per heavy atom. The van der Waals surface area contributed by atoms with Gasteiger partial charge in [-0.15, -0.1) is 11.3 Å². The largest absolute Gasteiger partial charge is 0.361 e. The molecular weight excluding hydrogens is 286 g/mol. The highest BCUT2D eigenvalue weighted by Crippen LogP contribution is 2.30. The van der Waals surface area contributed by atoms with Crippen molar-refractivity contribution in [3.8, 4) is 0 Å². The van der Waals surface area contributed by atoms with Crippen molar-refractivity contribution < 1.29 is 9.32 Å². The van der Waals surface area contributed by atoms with Crippen molar-refractivity contribution in [3.05, 3.63) is 33.6 Å². The molecule has 1 amide bonds. The van der Waals surface area contributed by atoms with E-state index < -0.39 is 0 Å². The predicted molar refractivity (Wildman–Crippen MR) is 80.6 cm³/mol. The van der Waals surface area contributed by atoms with Gasteiger partial charge in [0.05, 0.1) is 5.01 Å². The lowest BCUT2D eigenvalue weighted by Gasteiger charge is -2.31. The first-order valence-electron chi connectivity index (χ1n) is 7.34. The number of rotatable bonds is 3. The Kier molecular flexibility index (Phi) is 4.05. The van der Waals surface area contributed by atoms with E-state index in [-0.39, 0.29) is 5.91 Å². The smallest absolute Gasteiger partial charge is 0.276 e. The van der Waals surface area contributed by atoms with Gasteiger partial charge in [0.25, 0.3) is 5.91 Å². The molecule has 21 heavy (non-hydrogen) atoms. The number of piperidine rings is 1. The number of aromatic nitrogens is 2. The molecular formula is C15H19N3O2S. The van der Waals surface area contributed by atoms with Crippen molar-refractivity contribution >= 4 is 17.2 Å². The molecule has 6 heteroatoms. The van der Waals surface area contributed by atoms with E-state index in [4.69, 9.17) is 4.52 Å². The molecule has 0 unspecified atom stereocenters. The molecule has 112 valence electrons. The zero-order chi connectivity index (χ0) is 14.8. The van der Waals surface area contributed by atoms with Gasteiger partial charge in [-0.1, -0.05) is 12.1 Å². The molecule has 1 aliphatic rings. The van der Waals surface area contributed by atoms with Gasteiger partial charge in [0, 0.05) is 42.6 Å². The number of hydrogen-bond acceptors (Lipinski definition) is 5. The summed E-state index contributed by atoms with van der Waals surface area (Å²) in [5.74, 6) is 1.07. The number of nitrogens with zero attached hydrogens (tertiary/aromatic N) is 3. The average molecular weight is 305 g/mol. The number of carbonyl (C=O) groups is 1. The van der Waals surface area contributed by atoms with Crippen LogP contribution in [0.4, 0.5) is 0 Å². The molecule has 0 saturated carbocycles. The number of aryl methyl sites for hydroxylation is 2. The lowest BCUT2D eigenvalue weighted by Crippen LogP contribution is -2.39. The lowest BCUT2D eigenvalue weighted by molar-refractivity contribution is 0.0696. The first-order chi connectivity index (χ1) is 10.2. The fourth-order valence-corrected chi connectivity index (χ4v) is 3.57. The zero-order valence-electron chi connectivity index (χ0n) is 12.3. The fraction of sp³-hybridized carbons (Fsp3) is 0.533. The summed E-state index contributed by atoms with van der Waals surface area (Å²) in [4.78, 5) is 20.1. The summed E-state index contributed by atoms with van der Waals surface area (Å²) in [6, 6.07) is 1.75. The van der Waals surface area contributed by atoms with E-state index in [9.17, 15) is 4.79 Å². The Labute approximate surface area is 128 Å². The summed E-state index contributed by atoms with van der Waals surface area (Å²) >= 11 is 1.73. The van der Waals surface area contributed by atoms with Gasteiger partial charge in [-0.25, -0.2) is 4.98 Å². The Morgan fingerprint density at radius 3 is 3.10 bits per heavy atom. The molecule has 0 bridgehead atoms. The van der Waals surface area contributed by atoms with E-state index in [2.05, 4.69) is 17.1 Å². The second-order valence-corrected chi connectivity index (χ2v) is 6.70. The van der Waals surface area contributed by atoms with Crippen LogP contribution in [0.15, 0.2) is 16.8 Å². The molecule has 0 radical (unpaired) electrons. The molecule has 1 atom stereocenters. The topological polar surface area (TPSA) is 59.2 Å². The third kappa shape index (κ3) is 3.00. The van der Waals surface area contributed by atoms with Crippen LogP contribution in [-0.4, -0.2) is 34.0 Å². The zero-order valence-corrected chi connectivity index (χ0v) is 13.2. The van der Waals surface area contributed by atoms with Gasteiger partial charge >= 0.3 is 0 Å². The summed E-state index contributed by atoms with van der Waals surface area (Å²) in [5.41, 5.74) is 0.419. The molecule has 0 aliphatic carbocycles. The van der Waals surface area contributed by atoms with Crippen LogP contribution in [0.3, 0.4) is 0 Å². The molecule has 1 fully saturated rings. The average Bonchev–Trinajstić information content (AvgIpc) is 3.15. The van der Waals surface area contributed by atoms with Gasteiger partial charge in [0.2, 0.25) is 0 Å². The van der Waals surface area contributed by atoms with E-state index in [1.807, 2.05) is 18.0 Å². The summed E-state index contributed by atoms with van der Waals surface area (Å²) in [6.07, 6.45) is 4.76. The number of carbonyl (C=O) groups excluding carboxylic acids is 1. The van der Waals surface area contributed by atoms with Crippen LogP contribution >= 0.6 is 11.3 Å². The van der Waals surface area contributed by atoms with Crippen molar-refractivity contribution in [1.82, 2.24) is 15.0 Å². The van der Waals surface area contributed by atoms with Gasteiger partial charge in [-0.3, -0.25) is 4.79 Å². The van der Waals surface area contributed by atoms with Crippen LogP contribution in [0.5, 0.6) is 0 Å². The highest BCUT2D eigenvalue weighted by molar-refractivity contribution is 7.11. The first kappa shape index (κ1) is 14.3. The van der Waals surface area contributed by atoms with Gasteiger partial charge in [-0.2, -0.15) is 0 Å². The molecule has 2 aromatic heterocycles. The van der Waals surface area contributed by atoms with Gasteiger partial charge in [-0.05, 0) is 19.8 Å². The molecule has 1 aliphatic heterocycles. The van der Waals surface area contributed by atoms with E-state index in [0.717, 1.165) is 43.1 Å². The van der Waals surface area contributed by atoms with Crippen LogP contribution in [0, 0.1) is 6.92 Å². The van der Waals surface area contributed by atoms with Crippen LogP contribution < -0.4 is 0 Å². The van der Waals surface area contributed by atoms with E-state index in [1.54, 1.807) is 17.4 Å². The Morgan fingerprint density at radius 2 is 2.43 bits per heavy atom. The molecule has 3 heterocycles. The summed E-state index contributed by atoms with van der Waals surface area (Å²) in [5, 5.41) is 5.02. The number of hydrogen-bond donors (Lipinski definition) is 0. The molecule has 0 aromatic carbocycles. The molecule has 5 nitrogen and oxygen atoms in total. The third-order valence-electron chi connectivity index (χ3n) is 3.82. The number of likely N-dealkylation sites (tertiary alicyclic amines) is 1. The van der Waals surface area contributed by atoms with Crippen molar-refractivity contribution in [2.24, 2.45) is 0 Å². The van der Waals surface area contributed by atoms with E-state index in [0.29, 0.717) is 11.6 Å².